The largest absolute Gasteiger partial charge is 0.508 e. The molecule has 2 unspecified atom stereocenters. The highest BCUT2D eigenvalue weighted by Gasteiger charge is 2.44. The Hall–Kier alpha value is -4.33. The predicted molar refractivity (Wildman–Crippen MR) is 159 cm³/mol. The topological polar surface area (TPSA) is 108 Å². The smallest absolute Gasteiger partial charge is 0.408 e. The van der Waals surface area contributed by atoms with Crippen molar-refractivity contribution < 1.29 is 24.2 Å². The van der Waals surface area contributed by atoms with Gasteiger partial charge in [-0.2, -0.15) is 0 Å². The van der Waals surface area contributed by atoms with Crippen molar-refractivity contribution in [2.45, 2.75) is 77.6 Å². The molecule has 0 spiro atoms. The number of alkyl carbamates (subject to hydrolysis) is 1. The molecule has 3 amide bonds. The number of nitrogens with zero attached hydrogens (tertiary/aromatic N) is 1. The Kier molecular flexibility index (Phi) is 9.01. The van der Waals surface area contributed by atoms with Crippen molar-refractivity contribution in [1.82, 2.24) is 10.2 Å². The summed E-state index contributed by atoms with van der Waals surface area (Å²) in [7, 11) is 0. The number of carbonyl (C=O) groups is 3. The van der Waals surface area contributed by atoms with Gasteiger partial charge >= 0.3 is 6.09 Å². The van der Waals surface area contributed by atoms with Crippen LogP contribution in [0.2, 0.25) is 0 Å². The summed E-state index contributed by atoms with van der Waals surface area (Å²) in [5, 5.41) is 16.1. The standard InChI is InChI=1S/C33H39N3O5/c1-21-11-9-12-22(2)28(21)35-30(38)29(24-15-10-16-26(37)20-24)36(25-17-18-25)31(39)27(19-23-13-7-6-8-14-23)34-32(40)41-33(3,4)5/h6-16,20,25,27,29,37H,17-19H2,1-5H3,(H,34,40)(H,35,38). The van der Waals surface area contributed by atoms with Crippen LogP contribution in [0, 0.1) is 13.8 Å². The van der Waals surface area contributed by atoms with Crippen LogP contribution in [0.3, 0.4) is 0 Å². The van der Waals surface area contributed by atoms with E-state index in [9.17, 15) is 19.5 Å². The summed E-state index contributed by atoms with van der Waals surface area (Å²) in [4.78, 5) is 43.0. The fourth-order valence-electron chi connectivity index (χ4n) is 4.89. The zero-order chi connectivity index (χ0) is 29.7. The van der Waals surface area contributed by atoms with E-state index in [-0.39, 0.29) is 18.2 Å². The van der Waals surface area contributed by atoms with Gasteiger partial charge in [-0.15, -0.1) is 0 Å². The van der Waals surface area contributed by atoms with Crippen molar-refractivity contribution in [3.8, 4) is 5.75 Å². The van der Waals surface area contributed by atoms with Crippen LogP contribution in [-0.2, 0) is 20.7 Å². The molecule has 2 atom stereocenters. The van der Waals surface area contributed by atoms with Crippen LogP contribution in [0.1, 0.15) is 61.9 Å². The third-order valence-corrected chi connectivity index (χ3v) is 6.91. The van der Waals surface area contributed by atoms with E-state index in [1.165, 1.54) is 12.1 Å². The number of phenolic OH excluding ortho intramolecular Hbond substituents is 1. The second-order valence-electron chi connectivity index (χ2n) is 11.6. The highest BCUT2D eigenvalue weighted by Crippen LogP contribution is 2.37. The quantitative estimate of drug-likeness (QED) is 0.308. The molecule has 3 aromatic rings. The fraction of sp³-hybridized carbons (Fsp3) is 0.364. The summed E-state index contributed by atoms with van der Waals surface area (Å²) >= 11 is 0. The van der Waals surface area contributed by atoms with Crippen molar-refractivity contribution in [2.24, 2.45) is 0 Å². The Labute approximate surface area is 241 Å². The lowest BCUT2D eigenvalue weighted by molar-refractivity contribution is -0.141. The Balaban J connectivity index is 1.74. The molecule has 216 valence electrons. The van der Waals surface area contributed by atoms with Gasteiger partial charge in [-0.3, -0.25) is 9.59 Å². The Bertz CT molecular complexity index is 1380. The number of aryl methyl sites for hydroxylation is 2. The number of ether oxygens (including phenoxy) is 1. The van der Waals surface area contributed by atoms with E-state index in [0.29, 0.717) is 11.3 Å². The lowest BCUT2D eigenvalue weighted by atomic mass is 9.99. The zero-order valence-corrected chi connectivity index (χ0v) is 24.3. The average Bonchev–Trinajstić information content (AvgIpc) is 3.73. The van der Waals surface area contributed by atoms with Crippen LogP contribution in [0.15, 0.2) is 72.8 Å². The van der Waals surface area contributed by atoms with Gasteiger partial charge in [0.2, 0.25) is 5.91 Å². The molecule has 0 saturated heterocycles. The van der Waals surface area contributed by atoms with E-state index >= 15 is 0 Å². The molecular weight excluding hydrogens is 518 g/mol. The van der Waals surface area contributed by atoms with Crippen molar-refractivity contribution in [3.63, 3.8) is 0 Å². The molecule has 8 heteroatoms. The molecule has 0 heterocycles. The predicted octanol–water partition coefficient (Wildman–Crippen LogP) is 5.82. The summed E-state index contributed by atoms with van der Waals surface area (Å²) in [5.41, 5.74) is 3.04. The number of nitrogens with one attached hydrogen (secondary N) is 2. The third-order valence-electron chi connectivity index (χ3n) is 6.91. The molecule has 0 aromatic heterocycles. The van der Waals surface area contributed by atoms with Crippen LogP contribution in [-0.4, -0.2) is 45.6 Å². The molecule has 0 radical (unpaired) electrons. The van der Waals surface area contributed by atoms with E-state index in [1.54, 1.807) is 37.8 Å². The molecule has 0 aliphatic heterocycles. The van der Waals surface area contributed by atoms with E-state index in [2.05, 4.69) is 10.6 Å². The molecule has 3 aromatic carbocycles. The average molecular weight is 558 g/mol. The minimum Gasteiger partial charge on any atom is -0.508 e. The monoisotopic (exact) mass is 557 g/mol. The molecule has 1 aliphatic rings. The van der Waals surface area contributed by atoms with Crippen LogP contribution in [0.25, 0.3) is 0 Å². The molecule has 4 rings (SSSR count). The summed E-state index contributed by atoms with van der Waals surface area (Å²) in [6.45, 7) is 9.10. The number of hydrogen-bond donors (Lipinski definition) is 3. The molecule has 1 aliphatic carbocycles. The summed E-state index contributed by atoms with van der Waals surface area (Å²) in [6.07, 6.45) is 0.953. The number of amides is 3. The summed E-state index contributed by atoms with van der Waals surface area (Å²) in [6, 6.07) is 19.3. The number of rotatable bonds is 9. The van der Waals surface area contributed by atoms with Gasteiger partial charge in [0.15, 0.2) is 0 Å². The summed E-state index contributed by atoms with van der Waals surface area (Å²) < 4.78 is 5.49. The highest BCUT2D eigenvalue weighted by atomic mass is 16.6. The fourth-order valence-corrected chi connectivity index (χ4v) is 4.89. The minimum absolute atomic E-state index is 0.0108. The Morgan fingerprint density at radius 1 is 0.951 bits per heavy atom. The lowest BCUT2D eigenvalue weighted by Gasteiger charge is -2.35. The van der Waals surface area contributed by atoms with Crippen molar-refractivity contribution in [2.75, 3.05) is 5.32 Å². The molecule has 41 heavy (non-hydrogen) atoms. The number of para-hydroxylation sites is 1. The first-order chi connectivity index (χ1) is 19.4. The molecule has 1 fully saturated rings. The van der Waals surface area contributed by atoms with Crippen molar-refractivity contribution in [1.29, 1.82) is 0 Å². The van der Waals surface area contributed by atoms with E-state index < -0.39 is 35.6 Å². The second kappa shape index (κ2) is 12.5. The SMILES string of the molecule is Cc1cccc(C)c1NC(=O)C(c1cccc(O)c1)N(C(=O)C(Cc1ccccc1)NC(=O)OC(C)(C)C)C1CC1. The van der Waals surface area contributed by atoms with Gasteiger partial charge in [0.25, 0.3) is 5.91 Å². The van der Waals surface area contributed by atoms with E-state index in [1.807, 2.05) is 62.4 Å². The first-order valence-electron chi connectivity index (χ1n) is 13.9. The van der Waals surface area contributed by atoms with Gasteiger partial charge in [-0.1, -0.05) is 60.7 Å². The maximum atomic E-state index is 14.4. The number of phenols is 1. The minimum atomic E-state index is -1.04. The normalized spacial score (nSPS) is 14.5. The molecular formula is C33H39N3O5. The molecule has 8 nitrogen and oxygen atoms in total. The third kappa shape index (κ3) is 7.87. The van der Waals surface area contributed by atoms with Crippen molar-refractivity contribution >= 4 is 23.6 Å². The van der Waals surface area contributed by atoms with Crippen molar-refractivity contribution in [3.05, 3.63) is 95.1 Å². The van der Waals surface area contributed by atoms with Gasteiger partial charge < -0.3 is 25.4 Å². The first-order valence-corrected chi connectivity index (χ1v) is 13.9. The zero-order valence-electron chi connectivity index (χ0n) is 24.3. The maximum absolute atomic E-state index is 14.4. The van der Waals surface area contributed by atoms with Gasteiger partial charge in [0.1, 0.15) is 23.4 Å². The molecule has 0 bridgehead atoms. The number of anilines is 1. The first kappa shape index (κ1) is 29.6. The lowest BCUT2D eigenvalue weighted by Crippen LogP contribution is -2.54. The molecule has 3 N–H and O–H groups in total. The Morgan fingerprint density at radius 2 is 1.59 bits per heavy atom. The summed E-state index contributed by atoms with van der Waals surface area (Å²) in [5.74, 6) is -0.806. The van der Waals surface area contributed by atoms with Crippen LogP contribution in [0.4, 0.5) is 10.5 Å². The van der Waals surface area contributed by atoms with Crippen LogP contribution in [0.5, 0.6) is 5.75 Å². The van der Waals surface area contributed by atoms with Crippen LogP contribution < -0.4 is 10.6 Å². The van der Waals surface area contributed by atoms with Gasteiger partial charge in [-0.25, -0.2) is 4.79 Å². The van der Waals surface area contributed by atoms with Gasteiger partial charge in [0.05, 0.1) is 0 Å². The number of benzene rings is 3. The van der Waals surface area contributed by atoms with Gasteiger partial charge in [0, 0.05) is 18.2 Å². The maximum Gasteiger partial charge on any atom is 0.408 e. The Morgan fingerprint density at radius 3 is 2.17 bits per heavy atom. The van der Waals surface area contributed by atoms with E-state index in [4.69, 9.17) is 4.74 Å². The number of carbonyl (C=O) groups excluding carboxylic acids is 3. The molecule has 1 saturated carbocycles. The van der Waals surface area contributed by atoms with E-state index in [0.717, 1.165) is 29.5 Å². The number of hydrogen-bond acceptors (Lipinski definition) is 5. The highest BCUT2D eigenvalue weighted by molar-refractivity contribution is 6.00. The number of aromatic hydroxyl groups is 1. The second-order valence-corrected chi connectivity index (χ2v) is 11.6. The van der Waals surface area contributed by atoms with Crippen LogP contribution >= 0.6 is 0 Å². The van der Waals surface area contributed by atoms with Gasteiger partial charge in [-0.05, 0) is 81.8 Å².